The van der Waals surface area contributed by atoms with Crippen molar-refractivity contribution in [2.75, 3.05) is 0 Å². The van der Waals surface area contributed by atoms with Crippen LogP contribution >= 0.6 is 0 Å². The molecular weight excluding hydrogens is 204 g/mol. The van der Waals surface area contributed by atoms with Crippen molar-refractivity contribution in [1.29, 1.82) is 0 Å². The topological polar surface area (TPSA) is 74.5 Å². The van der Waals surface area contributed by atoms with Crippen molar-refractivity contribution in [3.8, 4) is 0 Å². The fourth-order valence-electron chi connectivity index (χ4n) is 1.61. The van der Waals surface area contributed by atoms with Crippen LogP contribution in [0.1, 0.15) is 18.4 Å². The van der Waals surface area contributed by atoms with Gasteiger partial charge in [0, 0.05) is 38.1 Å². The van der Waals surface area contributed by atoms with Crippen LogP contribution in [0, 0.1) is 0 Å². The lowest BCUT2D eigenvalue weighted by Crippen LogP contribution is -2.09. The van der Waals surface area contributed by atoms with Gasteiger partial charge in [0.05, 0.1) is 12.2 Å². The Morgan fingerprint density at radius 1 is 1.38 bits per heavy atom. The maximum atomic E-state index is 5.47. The lowest BCUT2D eigenvalue weighted by Gasteiger charge is -2.05. The predicted molar refractivity (Wildman–Crippen MR) is 59.5 cm³/mol. The van der Waals surface area contributed by atoms with Gasteiger partial charge < -0.3 is 10.3 Å². The van der Waals surface area contributed by atoms with Crippen molar-refractivity contribution in [3.63, 3.8) is 0 Å². The highest BCUT2D eigenvalue weighted by atomic mass is 15.4. The second-order valence-corrected chi connectivity index (χ2v) is 3.57. The maximum absolute atomic E-state index is 5.47. The van der Waals surface area contributed by atoms with E-state index in [2.05, 4.69) is 26.8 Å². The largest absolute Gasteiger partial charge is 0.333 e. The fourth-order valence-corrected chi connectivity index (χ4v) is 1.61. The van der Waals surface area contributed by atoms with E-state index < -0.39 is 0 Å². The summed E-state index contributed by atoms with van der Waals surface area (Å²) in [6.07, 6.45) is 6.63. The SMILES string of the molecule is CCc1nccn1CCn1cc(CN)nn1. The van der Waals surface area contributed by atoms with Gasteiger partial charge in [-0.15, -0.1) is 5.10 Å². The van der Waals surface area contributed by atoms with Crippen LogP contribution in [0.3, 0.4) is 0 Å². The van der Waals surface area contributed by atoms with E-state index >= 15 is 0 Å². The summed E-state index contributed by atoms with van der Waals surface area (Å²) in [6, 6.07) is 0. The molecule has 0 aliphatic heterocycles. The van der Waals surface area contributed by atoms with Gasteiger partial charge in [0.2, 0.25) is 0 Å². The van der Waals surface area contributed by atoms with Crippen molar-refractivity contribution in [3.05, 3.63) is 30.1 Å². The van der Waals surface area contributed by atoms with E-state index in [1.807, 2.05) is 23.3 Å². The Morgan fingerprint density at radius 2 is 2.25 bits per heavy atom. The number of nitrogens with two attached hydrogens (primary N) is 1. The van der Waals surface area contributed by atoms with Gasteiger partial charge in [-0.1, -0.05) is 12.1 Å². The number of nitrogens with zero attached hydrogens (tertiary/aromatic N) is 5. The molecule has 0 amide bonds. The second kappa shape index (κ2) is 4.89. The molecule has 0 saturated carbocycles. The van der Waals surface area contributed by atoms with Gasteiger partial charge in [-0.25, -0.2) is 4.98 Å². The average molecular weight is 220 g/mol. The zero-order chi connectivity index (χ0) is 11.4. The van der Waals surface area contributed by atoms with Crippen LogP contribution in [0.15, 0.2) is 18.6 Å². The molecule has 2 rings (SSSR count). The zero-order valence-electron chi connectivity index (χ0n) is 9.37. The van der Waals surface area contributed by atoms with E-state index in [0.29, 0.717) is 6.54 Å². The van der Waals surface area contributed by atoms with Gasteiger partial charge in [0.25, 0.3) is 0 Å². The van der Waals surface area contributed by atoms with Crippen LogP contribution in [0.5, 0.6) is 0 Å². The van der Waals surface area contributed by atoms with Crippen molar-refractivity contribution >= 4 is 0 Å². The molecule has 0 saturated heterocycles. The van der Waals surface area contributed by atoms with Crippen molar-refractivity contribution in [2.24, 2.45) is 5.73 Å². The molecule has 6 nitrogen and oxygen atoms in total. The van der Waals surface area contributed by atoms with Crippen molar-refractivity contribution in [2.45, 2.75) is 33.0 Å². The summed E-state index contributed by atoms with van der Waals surface area (Å²) >= 11 is 0. The smallest absolute Gasteiger partial charge is 0.108 e. The summed E-state index contributed by atoms with van der Waals surface area (Å²) in [4.78, 5) is 4.27. The second-order valence-electron chi connectivity index (χ2n) is 3.57. The van der Waals surface area contributed by atoms with E-state index in [-0.39, 0.29) is 0 Å². The number of aryl methyl sites for hydroxylation is 3. The van der Waals surface area contributed by atoms with Gasteiger partial charge in [0.15, 0.2) is 0 Å². The van der Waals surface area contributed by atoms with Crippen LogP contribution in [0.25, 0.3) is 0 Å². The molecule has 0 atom stereocenters. The number of rotatable bonds is 5. The molecular formula is C10H16N6. The van der Waals surface area contributed by atoms with E-state index in [0.717, 1.165) is 31.0 Å². The molecule has 2 aromatic heterocycles. The average Bonchev–Trinajstić information content (AvgIpc) is 2.94. The molecule has 2 N–H and O–H groups in total. The molecule has 86 valence electrons. The molecule has 0 spiro atoms. The lowest BCUT2D eigenvalue weighted by molar-refractivity contribution is 0.509. The third kappa shape index (κ3) is 2.27. The van der Waals surface area contributed by atoms with Crippen molar-refractivity contribution in [1.82, 2.24) is 24.5 Å². The predicted octanol–water partition coefficient (Wildman–Crippen LogP) is 0.196. The summed E-state index contributed by atoms with van der Waals surface area (Å²) in [5.41, 5.74) is 6.29. The highest BCUT2D eigenvalue weighted by Gasteiger charge is 2.01. The van der Waals surface area contributed by atoms with Gasteiger partial charge in [-0.05, 0) is 0 Å². The van der Waals surface area contributed by atoms with Crippen LogP contribution in [0.2, 0.25) is 0 Å². The standard InChI is InChI=1S/C10H16N6/c1-2-10-12-3-4-15(10)5-6-16-8-9(7-11)13-14-16/h3-4,8H,2,5-7,11H2,1H3. The maximum Gasteiger partial charge on any atom is 0.108 e. The normalized spacial score (nSPS) is 10.9. The highest BCUT2D eigenvalue weighted by Crippen LogP contribution is 1.99. The van der Waals surface area contributed by atoms with Crippen LogP contribution in [-0.4, -0.2) is 24.5 Å². The van der Waals surface area contributed by atoms with Gasteiger partial charge in [-0.2, -0.15) is 0 Å². The first-order valence-electron chi connectivity index (χ1n) is 5.42. The summed E-state index contributed by atoms with van der Waals surface area (Å²) in [5.74, 6) is 1.10. The highest BCUT2D eigenvalue weighted by molar-refractivity contribution is 4.92. The Morgan fingerprint density at radius 3 is 2.94 bits per heavy atom. The molecule has 0 aliphatic rings. The molecule has 0 bridgehead atoms. The van der Waals surface area contributed by atoms with Crippen LogP contribution < -0.4 is 5.73 Å². The Labute approximate surface area is 94.1 Å². The summed E-state index contributed by atoms with van der Waals surface area (Å²) in [6.45, 7) is 4.18. The summed E-state index contributed by atoms with van der Waals surface area (Å²) in [5, 5.41) is 7.94. The van der Waals surface area contributed by atoms with E-state index in [1.165, 1.54) is 0 Å². The molecule has 0 radical (unpaired) electrons. The number of hydrogen-bond donors (Lipinski definition) is 1. The molecule has 2 heterocycles. The number of imidazole rings is 1. The summed E-state index contributed by atoms with van der Waals surface area (Å²) < 4.78 is 3.94. The molecule has 0 aromatic carbocycles. The minimum Gasteiger partial charge on any atom is -0.333 e. The number of aromatic nitrogens is 5. The first kappa shape index (κ1) is 10.8. The Hall–Kier alpha value is -1.69. The summed E-state index contributed by atoms with van der Waals surface area (Å²) in [7, 11) is 0. The Balaban J connectivity index is 1.96. The van der Waals surface area contributed by atoms with E-state index in [9.17, 15) is 0 Å². The first-order chi connectivity index (χ1) is 7.83. The fraction of sp³-hybridized carbons (Fsp3) is 0.500. The molecule has 0 unspecified atom stereocenters. The molecule has 0 fully saturated rings. The minimum absolute atomic E-state index is 0.436. The minimum atomic E-state index is 0.436. The van der Waals surface area contributed by atoms with Gasteiger partial charge >= 0.3 is 0 Å². The van der Waals surface area contributed by atoms with E-state index in [1.54, 1.807) is 0 Å². The Kier molecular flexibility index (Phi) is 3.31. The molecule has 0 aliphatic carbocycles. The van der Waals surface area contributed by atoms with Crippen LogP contribution in [-0.2, 0) is 26.1 Å². The van der Waals surface area contributed by atoms with E-state index in [4.69, 9.17) is 5.73 Å². The molecule has 16 heavy (non-hydrogen) atoms. The lowest BCUT2D eigenvalue weighted by atomic mass is 10.4. The monoisotopic (exact) mass is 220 g/mol. The van der Waals surface area contributed by atoms with Gasteiger partial charge in [0.1, 0.15) is 5.82 Å². The van der Waals surface area contributed by atoms with Gasteiger partial charge in [-0.3, -0.25) is 4.68 Å². The van der Waals surface area contributed by atoms with Crippen LogP contribution in [0.4, 0.5) is 0 Å². The molecule has 2 aromatic rings. The third-order valence-electron chi connectivity index (χ3n) is 2.48. The third-order valence-corrected chi connectivity index (χ3v) is 2.48. The number of hydrogen-bond acceptors (Lipinski definition) is 4. The quantitative estimate of drug-likeness (QED) is 0.781. The molecule has 6 heteroatoms. The first-order valence-corrected chi connectivity index (χ1v) is 5.42. The Bertz CT molecular complexity index is 444. The van der Waals surface area contributed by atoms with Crippen molar-refractivity contribution < 1.29 is 0 Å². The zero-order valence-corrected chi connectivity index (χ0v) is 9.37.